The van der Waals surface area contributed by atoms with Crippen molar-refractivity contribution in [2.45, 2.75) is 6.18 Å². The summed E-state index contributed by atoms with van der Waals surface area (Å²) in [4.78, 5) is 17.3. The lowest BCUT2D eigenvalue weighted by Gasteiger charge is -2.15. The van der Waals surface area contributed by atoms with Crippen LogP contribution in [0.5, 0.6) is 0 Å². The van der Waals surface area contributed by atoms with E-state index in [-0.39, 0.29) is 5.56 Å². The van der Waals surface area contributed by atoms with Gasteiger partial charge in [0.2, 0.25) is 0 Å². The number of fused-ring (bicyclic) bond motifs is 3. The monoisotopic (exact) mass is 517 g/mol. The van der Waals surface area contributed by atoms with E-state index in [0.717, 1.165) is 12.1 Å². The molecule has 3 heterocycles. The molecule has 0 spiro atoms. The SMILES string of the molecule is N#Cc1cnc(-c2ccc(-n3c4ccccc4c4cc(C(F)(F)F)ccc43)c(-c3ncc(C#N)cn3)c2)nc1. The largest absolute Gasteiger partial charge is 0.416 e. The van der Waals surface area contributed by atoms with Crippen LogP contribution in [0.1, 0.15) is 16.7 Å². The van der Waals surface area contributed by atoms with Gasteiger partial charge in [0, 0.05) is 46.7 Å². The number of alkyl halides is 3. The molecular weight excluding hydrogens is 503 g/mol. The summed E-state index contributed by atoms with van der Waals surface area (Å²) < 4.78 is 42.6. The van der Waals surface area contributed by atoms with Crippen LogP contribution < -0.4 is 0 Å². The number of hydrogen-bond donors (Lipinski definition) is 0. The molecule has 0 aliphatic carbocycles. The first-order valence-corrected chi connectivity index (χ1v) is 11.6. The van der Waals surface area contributed by atoms with E-state index in [1.165, 1.54) is 30.9 Å². The van der Waals surface area contributed by atoms with Gasteiger partial charge in [0.25, 0.3) is 0 Å². The molecule has 0 unspecified atom stereocenters. The molecule has 0 amide bonds. The maximum atomic E-state index is 13.6. The van der Waals surface area contributed by atoms with Crippen LogP contribution in [0.15, 0.2) is 85.5 Å². The predicted octanol–water partition coefficient (Wildman–Crippen LogP) is 6.46. The van der Waals surface area contributed by atoms with Crippen molar-refractivity contribution >= 4 is 21.8 Å². The highest BCUT2D eigenvalue weighted by molar-refractivity contribution is 6.10. The van der Waals surface area contributed by atoms with Gasteiger partial charge in [0.15, 0.2) is 11.6 Å². The Bertz CT molecular complexity index is 1960. The van der Waals surface area contributed by atoms with Crippen LogP contribution in [-0.2, 0) is 6.18 Å². The van der Waals surface area contributed by atoms with Crippen molar-refractivity contribution < 1.29 is 13.2 Å². The Hall–Kier alpha value is -5.61. The first kappa shape index (κ1) is 23.8. The van der Waals surface area contributed by atoms with E-state index in [1.54, 1.807) is 30.3 Å². The number of rotatable bonds is 3. The van der Waals surface area contributed by atoms with Crippen LogP contribution in [0.25, 0.3) is 50.3 Å². The molecule has 39 heavy (non-hydrogen) atoms. The van der Waals surface area contributed by atoms with Gasteiger partial charge in [-0.15, -0.1) is 0 Å². The van der Waals surface area contributed by atoms with Crippen LogP contribution in [0, 0.1) is 22.7 Å². The summed E-state index contributed by atoms with van der Waals surface area (Å²) in [5.41, 5.74) is 2.91. The molecule has 6 rings (SSSR count). The van der Waals surface area contributed by atoms with Crippen molar-refractivity contribution in [1.82, 2.24) is 24.5 Å². The summed E-state index contributed by atoms with van der Waals surface area (Å²) >= 11 is 0. The lowest BCUT2D eigenvalue weighted by atomic mass is 10.1. The highest BCUT2D eigenvalue weighted by atomic mass is 19.4. The molecule has 3 aromatic heterocycles. The third kappa shape index (κ3) is 4.10. The normalized spacial score (nSPS) is 11.4. The Balaban J connectivity index is 1.64. The molecule has 0 atom stereocenters. The Labute approximate surface area is 219 Å². The minimum atomic E-state index is -4.48. The van der Waals surface area contributed by atoms with Gasteiger partial charge < -0.3 is 4.57 Å². The van der Waals surface area contributed by atoms with E-state index in [1.807, 2.05) is 28.8 Å². The zero-order chi connectivity index (χ0) is 27.1. The number of aromatic nitrogens is 5. The molecule has 0 fully saturated rings. The van der Waals surface area contributed by atoms with Gasteiger partial charge in [-0.3, -0.25) is 0 Å². The molecule has 0 N–H and O–H groups in total. The molecule has 0 saturated heterocycles. The van der Waals surface area contributed by atoms with Crippen LogP contribution in [-0.4, -0.2) is 24.5 Å². The van der Waals surface area contributed by atoms with Gasteiger partial charge in [-0.05, 0) is 42.5 Å². The molecule has 0 radical (unpaired) electrons. The summed E-state index contributed by atoms with van der Waals surface area (Å²) in [6.45, 7) is 0. The third-order valence-electron chi connectivity index (χ3n) is 6.30. The average molecular weight is 517 g/mol. The predicted molar refractivity (Wildman–Crippen MR) is 137 cm³/mol. The third-order valence-corrected chi connectivity index (χ3v) is 6.30. The zero-order valence-corrected chi connectivity index (χ0v) is 19.8. The van der Waals surface area contributed by atoms with Crippen LogP contribution in [0.4, 0.5) is 13.2 Å². The maximum Gasteiger partial charge on any atom is 0.416 e. The Morgan fingerprint density at radius 1 is 0.667 bits per heavy atom. The fraction of sp³-hybridized carbons (Fsp3) is 0.0345. The summed E-state index contributed by atoms with van der Waals surface area (Å²) in [6, 6.07) is 20.2. The molecule has 0 bridgehead atoms. The first-order valence-electron chi connectivity index (χ1n) is 11.6. The molecular formula is C29H14F3N7. The van der Waals surface area contributed by atoms with E-state index in [4.69, 9.17) is 5.26 Å². The van der Waals surface area contributed by atoms with Crippen LogP contribution in [0.2, 0.25) is 0 Å². The van der Waals surface area contributed by atoms with Gasteiger partial charge in [0.05, 0.1) is 33.4 Å². The summed E-state index contributed by atoms with van der Waals surface area (Å²) in [5, 5.41) is 19.4. The average Bonchev–Trinajstić information content (AvgIpc) is 3.30. The molecule has 10 heteroatoms. The second-order valence-electron chi connectivity index (χ2n) is 8.63. The standard InChI is InChI=1S/C29H14F3N7/c30-29(31,32)20-6-8-25-22(10-20)21-3-1-2-4-24(21)39(25)26-7-5-19(27-35-13-17(11-33)14-36-27)9-23(26)28-37-15-18(12-34)16-38-28/h1-10,13-16H. The van der Waals surface area contributed by atoms with Gasteiger partial charge in [0.1, 0.15) is 12.1 Å². The maximum absolute atomic E-state index is 13.6. The number of halogens is 3. The molecule has 0 saturated carbocycles. The first-order chi connectivity index (χ1) is 18.9. The Morgan fingerprint density at radius 3 is 1.92 bits per heavy atom. The lowest BCUT2D eigenvalue weighted by Crippen LogP contribution is -2.04. The number of nitrogens with zero attached hydrogens (tertiary/aromatic N) is 7. The Morgan fingerprint density at radius 2 is 1.28 bits per heavy atom. The quantitative estimate of drug-likeness (QED) is 0.267. The fourth-order valence-corrected chi connectivity index (χ4v) is 4.52. The molecule has 186 valence electrons. The van der Waals surface area contributed by atoms with E-state index >= 15 is 0 Å². The Kier molecular flexibility index (Phi) is 5.51. The molecule has 7 nitrogen and oxygen atoms in total. The van der Waals surface area contributed by atoms with E-state index in [9.17, 15) is 18.4 Å². The summed E-state index contributed by atoms with van der Waals surface area (Å²) in [5.74, 6) is 0.671. The van der Waals surface area contributed by atoms with Crippen molar-refractivity contribution in [3.8, 4) is 40.6 Å². The smallest absolute Gasteiger partial charge is 0.309 e. The van der Waals surface area contributed by atoms with Crippen molar-refractivity contribution in [2.24, 2.45) is 0 Å². The number of para-hydroxylation sites is 1. The molecule has 0 aliphatic rings. The highest BCUT2D eigenvalue weighted by Crippen LogP contribution is 2.39. The molecule has 6 aromatic rings. The number of nitriles is 2. The van der Waals surface area contributed by atoms with Crippen LogP contribution >= 0.6 is 0 Å². The molecule has 0 aliphatic heterocycles. The second kappa shape index (κ2) is 9.05. The van der Waals surface area contributed by atoms with Gasteiger partial charge >= 0.3 is 6.18 Å². The topological polar surface area (TPSA) is 104 Å². The van der Waals surface area contributed by atoms with Crippen molar-refractivity contribution in [3.63, 3.8) is 0 Å². The van der Waals surface area contributed by atoms with E-state index in [0.29, 0.717) is 55.8 Å². The zero-order valence-electron chi connectivity index (χ0n) is 19.8. The fourth-order valence-electron chi connectivity index (χ4n) is 4.52. The highest BCUT2D eigenvalue weighted by Gasteiger charge is 2.31. The van der Waals surface area contributed by atoms with Crippen molar-refractivity contribution in [3.05, 3.63) is 102 Å². The summed E-state index contributed by atoms with van der Waals surface area (Å²) in [7, 11) is 0. The minimum absolute atomic E-state index is 0.281. The number of hydrogen-bond acceptors (Lipinski definition) is 6. The molecule has 3 aromatic carbocycles. The van der Waals surface area contributed by atoms with Crippen molar-refractivity contribution in [1.29, 1.82) is 10.5 Å². The minimum Gasteiger partial charge on any atom is -0.309 e. The van der Waals surface area contributed by atoms with Crippen LogP contribution in [0.3, 0.4) is 0 Å². The lowest BCUT2D eigenvalue weighted by molar-refractivity contribution is -0.137. The van der Waals surface area contributed by atoms with Gasteiger partial charge in [-0.25, -0.2) is 19.9 Å². The number of benzene rings is 3. The second-order valence-corrected chi connectivity index (χ2v) is 8.63. The van der Waals surface area contributed by atoms with Gasteiger partial charge in [-0.1, -0.05) is 18.2 Å². The van der Waals surface area contributed by atoms with Crippen molar-refractivity contribution in [2.75, 3.05) is 0 Å². The summed E-state index contributed by atoms with van der Waals surface area (Å²) in [6.07, 6.45) is 1.15. The van der Waals surface area contributed by atoms with E-state index < -0.39 is 11.7 Å². The van der Waals surface area contributed by atoms with Gasteiger partial charge in [-0.2, -0.15) is 23.7 Å². The van der Waals surface area contributed by atoms with E-state index in [2.05, 4.69) is 19.9 Å².